The average Bonchev–Trinajstić information content (AvgIpc) is 2.74. The van der Waals surface area contributed by atoms with E-state index in [0.717, 1.165) is 11.1 Å². The number of carbonyl (C=O) groups is 1. The molecule has 6 nitrogen and oxygen atoms in total. The smallest absolute Gasteiger partial charge is 0.422 e. The van der Waals surface area contributed by atoms with E-state index in [4.69, 9.17) is 0 Å². The Balaban J connectivity index is 0.00000480. The van der Waals surface area contributed by atoms with Crippen LogP contribution in [0.4, 0.5) is 13.2 Å². The lowest BCUT2D eigenvalue weighted by Crippen LogP contribution is -2.38. The lowest BCUT2D eigenvalue weighted by molar-refractivity contribution is -0.153. The first-order valence-corrected chi connectivity index (χ1v) is 9.39. The summed E-state index contributed by atoms with van der Waals surface area (Å²) < 4.78 is 41.2. The van der Waals surface area contributed by atoms with E-state index in [0.29, 0.717) is 32.0 Å². The number of hydrogen-bond donors (Lipinski definition) is 3. The van der Waals surface area contributed by atoms with Crippen molar-refractivity contribution in [2.24, 2.45) is 4.99 Å². The minimum absolute atomic E-state index is 0. The summed E-state index contributed by atoms with van der Waals surface area (Å²) in [6.07, 6.45) is -4.07. The van der Waals surface area contributed by atoms with Crippen LogP contribution in [-0.4, -0.2) is 38.2 Å². The molecular weight excluding hydrogens is 524 g/mol. The van der Waals surface area contributed by atoms with Crippen LogP contribution >= 0.6 is 24.0 Å². The molecule has 2 rings (SSSR count). The standard InChI is InChI=1S/C21H25F3N4O2.HI/c1-25-20(26-12-11-19(29)27-13-16-5-3-2-4-6-16)28-14-17-7-9-18(10-8-17)30-15-21(22,23)24;/h2-10H,11-15H2,1H3,(H,27,29)(H2,25,26,28);1H. The van der Waals surface area contributed by atoms with Crippen molar-refractivity contribution >= 4 is 35.8 Å². The molecule has 0 aliphatic carbocycles. The van der Waals surface area contributed by atoms with Crippen LogP contribution in [-0.2, 0) is 17.9 Å². The van der Waals surface area contributed by atoms with Gasteiger partial charge in [0.25, 0.3) is 0 Å². The second-order valence-corrected chi connectivity index (χ2v) is 6.41. The molecule has 0 heterocycles. The summed E-state index contributed by atoms with van der Waals surface area (Å²) in [7, 11) is 1.61. The van der Waals surface area contributed by atoms with Crippen molar-refractivity contribution in [2.75, 3.05) is 20.2 Å². The van der Waals surface area contributed by atoms with Crippen LogP contribution in [0, 0.1) is 0 Å². The predicted octanol–water partition coefficient (Wildman–Crippen LogP) is 3.62. The van der Waals surface area contributed by atoms with Gasteiger partial charge in [0.2, 0.25) is 5.91 Å². The predicted molar refractivity (Wildman–Crippen MR) is 125 cm³/mol. The SMILES string of the molecule is CN=C(NCCC(=O)NCc1ccccc1)NCc1ccc(OCC(F)(F)F)cc1.I. The van der Waals surface area contributed by atoms with Crippen molar-refractivity contribution in [1.82, 2.24) is 16.0 Å². The Morgan fingerprint density at radius 1 is 0.935 bits per heavy atom. The van der Waals surface area contributed by atoms with Gasteiger partial charge in [0.05, 0.1) is 0 Å². The topological polar surface area (TPSA) is 74.8 Å². The molecule has 0 unspecified atom stereocenters. The number of nitrogens with zero attached hydrogens (tertiary/aromatic N) is 1. The van der Waals surface area contributed by atoms with Gasteiger partial charge < -0.3 is 20.7 Å². The van der Waals surface area contributed by atoms with Crippen molar-refractivity contribution < 1.29 is 22.7 Å². The van der Waals surface area contributed by atoms with E-state index in [-0.39, 0.29) is 35.6 Å². The van der Waals surface area contributed by atoms with Gasteiger partial charge in [-0.2, -0.15) is 13.2 Å². The quantitative estimate of drug-likeness (QED) is 0.254. The molecule has 2 aromatic rings. The molecule has 31 heavy (non-hydrogen) atoms. The van der Waals surface area contributed by atoms with Gasteiger partial charge in [0.1, 0.15) is 5.75 Å². The van der Waals surface area contributed by atoms with Gasteiger partial charge in [0.15, 0.2) is 12.6 Å². The number of carbonyl (C=O) groups excluding carboxylic acids is 1. The molecule has 170 valence electrons. The molecule has 0 aromatic heterocycles. The van der Waals surface area contributed by atoms with E-state index in [1.54, 1.807) is 19.2 Å². The van der Waals surface area contributed by atoms with Crippen molar-refractivity contribution in [3.8, 4) is 5.75 Å². The number of nitrogens with one attached hydrogen (secondary N) is 3. The van der Waals surface area contributed by atoms with E-state index in [1.807, 2.05) is 30.3 Å². The van der Waals surface area contributed by atoms with Crippen LogP contribution in [0.2, 0.25) is 0 Å². The summed E-state index contributed by atoms with van der Waals surface area (Å²) in [6, 6.07) is 15.9. The molecule has 0 saturated heterocycles. The fourth-order valence-corrected chi connectivity index (χ4v) is 2.45. The summed E-state index contributed by atoms with van der Waals surface area (Å²) in [6.45, 7) is -0.0145. The van der Waals surface area contributed by atoms with Gasteiger partial charge in [-0.05, 0) is 23.3 Å². The normalized spacial score (nSPS) is 11.3. The third kappa shape index (κ3) is 11.5. The van der Waals surface area contributed by atoms with E-state index >= 15 is 0 Å². The third-order valence-electron chi connectivity index (χ3n) is 3.99. The number of alkyl halides is 3. The lowest BCUT2D eigenvalue weighted by Gasteiger charge is -2.13. The Morgan fingerprint density at radius 3 is 2.16 bits per heavy atom. The molecule has 0 fully saturated rings. The molecule has 0 bridgehead atoms. The minimum Gasteiger partial charge on any atom is -0.484 e. The molecule has 0 radical (unpaired) electrons. The van der Waals surface area contributed by atoms with Crippen LogP contribution in [0.5, 0.6) is 5.75 Å². The molecule has 2 aromatic carbocycles. The Hall–Kier alpha value is -2.50. The Labute approximate surface area is 196 Å². The first kappa shape index (κ1) is 26.5. The number of aliphatic imine (C=N–C) groups is 1. The molecule has 0 spiro atoms. The second-order valence-electron chi connectivity index (χ2n) is 6.41. The van der Waals surface area contributed by atoms with E-state index in [9.17, 15) is 18.0 Å². The van der Waals surface area contributed by atoms with Gasteiger partial charge in [-0.25, -0.2) is 0 Å². The summed E-state index contributed by atoms with van der Waals surface area (Å²) in [4.78, 5) is 16.0. The fraction of sp³-hybridized carbons (Fsp3) is 0.333. The van der Waals surface area contributed by atoms with Crippen LogP contribution in [0.1, 0.15) is 17.5 Å². The van der Waals surface area contributed by atoms with Crippen molar-refractivity contribution in [2.45, 2.75) is 25.7 Å². The number of benzene rings is 2. The van der Waals surface area contributed by atoms with Crippen LogP contribution in [0.3, 0.4) is 0 Å². The lowest BCUT2D eigenvalue weighted by atomic mass is 10.2. The maximum atomic E-state index is 12.2. The Kier molecular flexibility index (Phi) is 11.8. The zero-order valence-corrected chi connectivity index (χ0v) is 19.4. The molecule has 10 heteroatoms. The number of amides is 1. The van der Waals surface area contributed by atoms with Crippen LogP contribution in [0.15, 0.2) is 59.6 Å². The Morgan fingerprint density at radius 2 is 1.55 bits per heavy atom. The van der Waals surface area contributed by atoms with Gasteiger partial charge in [0, 0.05) is 33.1 Å². The maximum absolute atomic E-state index is 12.2. The van der Waals surface area contributed by atoms with Crippen molar-refractivity contribution in [3.63, 3.8) is 0 Å². The number of rotatable bonds is 9. The highest BCUT2D eigenvalue weighted by atomic mass is 127. The first-order chi connectivity index (χ1) is 14.4. The highest BCUT2D eigenvalue weighted by Crippen LogP contribution is 2.18. The van der Waals surface area contributed by atoms with Gasteiger partial charge in [-0.3, -0.25) is 9.79 Å². The molecule has 0 aliphatic heterocycles. The van der Waals surface area contributed by atoms with Crippen LogP contribution < -0.4 is 20.7 Å². The summed E-state index contributed by atoms with van der Waals surface area (Å²) >= 11 is 0. The minimum atomic E-state index is -4.36. The Bertz CT molecular complexity index is 816. The third-order valence-corrected chi connectivity index (χ3v) is 3.99. The summed E-state index contributed by atoms with van der Waals surface area (Å²) in [5.74, 6) is 0.597. The average molecular weight is 550 g/mol. The van der Waals surface area contributed by atoms with Crippen molar-refractivity contribution in [1.29, 1.82) is 0 Å². The van der Waals surface area contributed by atoms with E-state index in [2.05, 4.69) is 25.7 Å². The summed E-state index contributed by atoms with van der Waals surface area (Å²) in [5.41, 5.74) is 1.88. The molecular formula is C21H26F3IN4O2. The summed E-state index contributed by atoms with van der Waals surface area (Å²) in [5, 5.41) is 8.98. The molecule has 0 aliphatic rings. The zero-order chi connectivity index (χ0) is 21.8. The van der Waals surface area contributed by atoms with Crippen molar-refractivity contribution in [3.05, 3.63) is 65.7 Å². The number of hydrogen-bond acceptors (Lipinski definition) is 3. The molecule has 1 amide bonds. The zero-order valence-electron chi connectivity index (χ0n) is 17.0. The second kappa shape index (κ2) is 13.7. The van der Waals surface area contributed by atoms with Crippen LogP contribution in [0.25, 0.3) is 0 Å². The maximum Gasteiger partial charge on any atom is 0.422 e. The largest absolute Gasteiger partial charge is 0.484 e. The van der Waals surface area contributed by atoms with E-state index < -0.39 is 12.8 Å². The van der Waals surface area contributed by atoms with Gasteiger partial charge >= 0.3 is 6.18 Å². The van der Waals surface area contributed by atoms with Gasteiger partial charge in [-0.1, -0.05) is 42.5 Å². The highest BCUT2D eigenvalue weighted by molar-refractivity contribution is 14.0. The monoisotopic (exact) mass is 550 g/mol. The van der Waals surface area contributed by atoms with E-state index in [1.165, 1.54) is 12.1 Å². The molecule has 0 saturated carbocycles. The first-order valence-electron chi connectivity index (χ1n) is 9.39. The fourth-order valence-electron chi connectivity index (χ4n) is 2.45. The number of guanidine groups is 1. The number of ether oxygens (including phenoxy) is 1. The molecule has 0 atom stereocenters. The van der Waals surface area contributed by atoms with Gasteiger partial charge in [-0.15, -0.1) is 24.0 Å². The molecule has 3 N–H and O–H groups in total. The number of halogens is 4. The highest BCUT2D eigenvalue weighted by Gasteiger charge is 2.28.